The minimum absolute atomic E-state index is 0.158. The Bertz CT molecular complexity index is 780. The number of halogens is 2. The molecule has 2 nitrogen and oxygen atoms in total. The molecule has 0 fully saturated rings. The normalized spacial score (nSPS) is 11.2. The van der Waals surface area contributed by atoms with E-state index in [-0.39, 0.29) is 10.8 Å². The van der Waals surface area contributed by atoms with Gasteiger partial charge in [0.1, 0.15) is 5.82 Å². The van der Waals surface area contributed by atoms with Crippen molar-refractivity contribution in [1.29, 1.82) is 0 Å². The number of nitrogens with two attached hydrogens (primary N) is 1. The predicted octanol–water partition coefficient (Wildman–Crippen LogP) is 3.98. The summed E-state index contributed by atoms with van der Waals surface area (Å²) in [6, 6.07) is 13.2. The highest BCUT2D eigenvalue weighted by Crippen LogP contribution is 2.23. The van der Waals surface area contributed by atoms with Crippen LogP contribution >= 0.6 is 11.6 Å². The molecule has 2 aromatic carbocycles. The maximum Gasteiger partial charge on any atom is 0.141 e. The standard InChI is InChI=1S/C17H16ClFN2/c18-15-10-12(4-5-16(15)19)11-21-9-7-14-3-1-2-13(6-8-20)17(14)21/h1-5,7,9-10H,6,8,11,20H2. The lowest BCUT2D eigenvalue weighted by molar-refractivity contribution is 0.627. The molecule has 0 saturated carbocycles. The predicted molar refractivity (Wildman–Crippen MR) is 85.2 cm³/mol. The first-order chi connectivity index (χ1) is 10.2. The lowest BCUT2D eigenvalue weighted by Crippen LogP contribution is -2.06. The van der Waals surface area contributed by atoms with Gasteiger partial charge in [-0.3, -0.25) is 0 Å². The molecule has 108 valence electrons. The summed E-state index contributed by atoms with van der Waals surface area (Å²) in [7, 11) is 0. The fourth-order valence-corrected chi connectivity index (χ4v) is 2.87. The summed E-state index contributed by atoms with van der Waals surface area (Å²) < 4.78 is 15.4. The van der Waals surface area contributed by atoms with E-state index in [1.165, 1.54) is 22.5 Å². The van der Waals surface area contributed by atoms with Crippen LogP contribution in [0.1, 0.15) is 11.1 Å². The van der Waals surface area contributed by atoms with Gasteiger partial charge in [0.05, 0.1) is 10.5 Å². The van der Waals surface area contributed by atoms with E-state index in [1.807, 2.05) is 12.3 Å². The van der Waals surface area contributed by atoms with Crippen molar-refractivity contribution >= 4 is 22.5 Å². The van der Waals surface area contributed by atoms with Crippen LogP contribution in [-0.4, -0.2) is 11.1 Å². The molecule has 0 amide bonds. The van der Waals surface area contributed by atoms with Gasteiger partial charge in [0, 0.05) is 12.7 Å². The molecular weight excluding hydrogens is 287 g/mol. The first-order valence-corrected chi connectivity index (χ1v) is 7.27. The minimum Gasteiger partial charge on any atom is -0.343 e. The summed E-state index contributed by atoms with van der Waals surface area (Å²) in [5.41, 5.74) is 9.08. The molecule has 0 spiro atoms. The van der Waals surface area contributed by atoms with Crippen molar-refractivity contribution in [3.8, 4) is 0 Å². The van der Waals surface area contributed by atoms with Gasteiger partial charge >= 0.3 is 0 Å². The summed E-state index contributed by atoms with van der Waals surface area (Å²) >= 11 is 5.85. The SMILES string of the molecule is NCCc1cccc2ccn(Cc3ccc(F)c(Cl)c3)c12. The van der Waals surface area contributed by atoms with Crippen LogP contribution < -0.4 is 5.73 Å². The third-order valence-electron chi connectivity index (χ3n) is 3.62. The zero-order chi connectivity index (χ0) is 14.8. The fraction of sp³-hybridized carbons (Fsp3) is 0.176. The van der Waals surface area contributed by atoms with Gasteiger partial charge in [-0.1, -0.05) is 35.9 Å². The third kappa shape index (κ3) is 2.80. The van der Waals surface area contributed by atoms with Crippen LogP contribution in [0.3, 0.4) is 0 Å². The highest BCUT2D eigenvalue weighted by molar-refractivity contribution is 6.30. The van der Waals surface area contributed by atoms with Gasteiger partial charge in [0.15, 0.2) is 0 Å². The molecule has 0 saturated heterocycles. The topological polar surface area (TPSA) is 30.9 Å². The van der Waals surface area contributed by atoms with E-state index in [9.17, 15) is 4.39 Å². The number of aromatic nitrogens is 1. The summed E-state index contributed by atoms with van der Waals surface area (Å²) in [6.45, 7) is 1.28. The van der Waals surface area contributed by atoms with Crippen molar-refractivity contribution in [2.75, 3.05) is 6.54 Å². The van der Waals surface area contributed by atoms with Crippen LogP contribution in [0.5, 0.6) is 0 Å². The Hall–Kier alpha value is -1.84. The first kappa shape index (κ1) is 14.1. The molecule has 0 atom stereocenters. The fourth-order valence-electron chi connectivity index (χ4n) is 2.66. The Morgan fingerprint density at radius 2 is 2.00 bits per heavy atom. The maximum atomic E-state index is 13.2. The minimum atomic E-state index is -0.387. The van der Waals surface area contributed by atoms with Crippen LogP contribution in [-0.2, 0) is 13.0 Å². The highest BCUT2D eigenvalue weighted by atomic mass is 35.5. The summed E-state index contributed by atoms with van der Waals surface area (Å²) in [5, 5.41) is 1.35. The lowest BCUT2D eigenvalue weighted by atomic mass is 10.1. The quantitative estimate of drug-likeness (QED) is 0.776. The monoisotopic (exact) mass is 302 g/mol. The Balaban J connectivity index is 2.02. The van der Waals surface area contributed by atoms with Crippen LogP contribution in [0.4, 0.5) is 4.39 Å². The van der Waals surface area contributed by atoms with Crippen molar-refractivity contribution in [3.63, 3.8) is 0 Å². The Morgan fingerprint density at radius 3 is 2.76 bits per heavy atom. The number of benzene rings is 2. The molecule has 0 aliphatic heterocycles. The molecule has 0 aliphatic rings. The second-order valence-corrected chi connectivity index (χ2v) is 5.49. The molecule has 0 unspecified atom stereocenters. The Labute approximate surface area is 127 Å². The van der Waals surface area contributed by atoms with E-state index in [2.05, 4.69) is 22.8 Å². The largest absolute Gasteiger partial charge is 0.343 e. The van der Waals surface area contributed by atoms with Gasteiger partial charge in [-0.15, -0.1) is 0 Å². The first-order valence-electron chi connectivity index (χ1n) is 6.90. The van der Waals surface area contributed by atoms with Gasteiger partial charge in [0.25, 0.3) is 0 Å². The second kappa shape index (κ2) is 5.88. The van der Waals surface area contributed by atoms with Crippen molar-refractivity contribution in [1.82, 2.24) is 4.57 Å². The van der Waals surface area contributed by atoms with E-state index >= 15 is 0 Å². The van der Waals surface area contributed by atoms with E-state index in [1.54, 1.807) is 12.1 Å². The molecule has 0 aliphatic carbocycles. The number of nitrogens with zero attached hydrogens (tertiary/aromatic N) is 1. The zero-order valence-electron chi connectivity index (χ0n) is 11.5. The van der Waals surface area contributed by atoms with Crippen LogP contribution in [0, 0.1) is 5.82 Å². The maximum absolute atomic E-state index is 13.2. The summed E-state index contributed by atoms with van der Waals surface area (Å²) in [4.78, 5) is 0. The van der Waals surface area contributed by atoms with E-state index in [0.717, 1.165) is 12.0 Å². The smallest absolute Gasteiger partial charge is 0.141 e. The van der Waals surface area contributed by atoms with Crippen molar-refractivity contribution < 1.29 is 4.39 Å². The molecule has 0 bridgehead atoms. The zero-order valence-corrected chi connectivity index (χ0v) is 12.3. The number of rotatable bonds is 4. The molecule has 0 radical (unpaired) electrons. The second-order valence-electron chi connectivity index (χ2n) is 5.09. The lowest BCUT2D eigenvalue weighted by Gasteiger charge is -2.10. The van der Waals surface area contributed by atoms with Gasteiger partial charge in [-0.25, -0.2) is 4.39 Å². The van der Waals surface area contributed by atoms with E-state index in [0.29, 0.717) is 13.1 Å². The van der Waals surface area contributed by atoms with Crippen LogP contribution in [0.15, 0.2) is 48.7 Å². The molecule has 1 heterocycles. The van der Waals surface area contributed by atoms with E-state index < -0.39 is 0 Å². The van der Waals surface area contributed by atoms with Gasteiger partial charge in [-0.05, 0) is 47.7 Å². The molecule has 2 N–H and O–H groups in total. The Kier molecular flexibility index (Phi) is 3.95. The van der Waals surface area contributed by atoms with Crippen molar-refractivity contribution in [3.05, 3.63) is 70.6 Å². The van der Waals surface area contributed by atoms with Crippen LogP contribution in [0.2, 0.25) is 5.02 Å². The number of para-hydroxylation sites is 1. The van der Waals surface area contributed by atoms with Crippen molar-refractivity contribution in [2.45, 2.75) is 13.0 Å². The molecule has 3 rings (SSSR count). The molecule has 4 heteroatoms. The Morgan fingerprint density at radius 1 is 1.14 bits per heavy atom. The molecular formula is C17H16ClFN2. The average molecular weight is 303 g/mol. The van der Waals surface area contributed by atoms with Gasteiger partial charge in [-0.2, -0.15) is 0 Å². The van der Waals surface area contributed by atoms with E-state index in [4.69, 9.17) is 17.3 Å². The number of hydrogen-bond acceptors (Lipinski definition) is 1. The number of fused-ring (bicyclic) bond motifs is 1. The van der Waals surface area contributed by atoms with Gasteiger partial charge < -0.3 is 10.3 Å². The summed E-state index contributed by atoms with van der Waals surface area (Å²) in [5.74, 6) is -0.387. The number of hydrogen-bond donors (Lipinski definition) is 1. The molecule has 1 aromatic heterocycles. The van der Waals surface area contributed by atoms with Crippen molar-refractivity contribution in [2.24, 2.45) is 5.73 Å². The summed E-state index contributed by atoms with van der Waals surface area (Å²) in [6.07, 6.45) is 2.88. The molecule has 21 heavy (non-hydrogen) atoms. The average Bonchev–Trinajstić information content (AvgIpc) is 2.88. The third-order valence-corrected chi connectivity index (χ3v) is 3.91. The van der Waals surface area contributed by atoms with Crippen LogP contribution in [0.25, 0.3) is 10.9 Å². The highest BCUT2D eigenvalue weighted by Gasteiger charge is 2.08. The molecule has 3 aromatic rings. The van der Waals surface area contributed by atoms with Gasteiger partial charge in [0.2, 0.25) is 0 Å².